The van der Waals surface area contributed by atoms with Gasteiger partial charge in [-0.25, -0.2) is 0 Å². The van der Waals surface area contributed by atoms with Crippen LogP contribution in [0.15, 0.2) is 36.4 Å². The minimum atomic E-state index is -0.179. The van der Waals surface area contributed by atoms with E-state index in [1.165, 1.54) is 24.0 Å². The Labute approximate surface area is 232 Å². The first-order valence-electron chi connectivity index (χ1n) is 14.6. The van der Waals surface area contributed by atoms with Crippen LogP contribution in [-0.4, -0.2) is 10.2 Å². The number of hydrogen-bond acceptors (Lipinski definition) is 2. The van der Waals surface area contributed by atoms with E-state index in [1.807, 2.05) is 0 Å². The van der Waals surface area contributed by atoms with Gasteiger partial charge in [-0.3, -0.25) is 0 Å². The van der Waals surface area contributed by atoms with E-state index in [9.17, 15) is 10.2 Å². The molecule has 2 aromatic rings. The van der Waals surface area contributed by atoms with Crippen LogP contribution in [0.3, 0.4) is 0 Å². The summed E-state index contributed by atoms with van der Waals surface area (Å²) >= 11 is 0. The first-order valence-corrected chi connectivity index (χ1v) is 14.6. The number of rotatable bonds is 3. The Hall–Kier alpha value is -2.22. The molecule has 0 heterocycles. The summed E-state index contributed by atoms with van der Waals surface area (Å²) < 4.78 is 0. The maximum atomic E-state index is 11.5. The molecule has 3 atom stereocenters. The maximum absolute atomic E-state index is 11.5. The van der Waals surface area contributed by atoms with E-state index in [-0.39, 0.29) is 27.6 Å². The highest BCUT2D eigenvalue weighted by atomic mass is 16.3. The Kier molecular flexibility index (Phi) is 6.95. The standard InChI is InChI=1S/C36H52O2/c1-33(2,3)26-17-23(18-27(31(26)37)34(4,5)6)30(25-16-21-13-14-22(25)15-21)24-19-28(35(7,8)9)32(38)29(20-24)36(10,11)12/h13-14,17-22,25,30,37-38H,15-16H2,1-12H3. The van der Waals surface area contributed by atoms with Crippen molar-refractivity contribution < 1.29 is 10.2 Å². The van der Waals surface area contributed by atoms with Gasteiger partial charge in [0.25, 0.3) is 0 Å². The molecule has 1 fully saturated rings. The van der Waals surface area contributed by atoms with E-state index < -0.39 is 0 Å². The van der Waals surface area contributed by atoms with Gasteiger partial charge in [0.05, 0.1) is 0 Å². The summed E-state index contributed by atoms with van der Waals surface area (Å²) in [6, 6.07) is 9.19. The monoisotopic (exact) mass is 516 g/mol. The van der Waals surface area contributed by atoms with Gasteiger partial charge in [0.15, 0.2) is 0 Å². The predicted octanol–water partition coefficient (Wildman–Crippen LogP) is 9.63. The van der Waals surface area contributed by atoms with Crippen molar-refractivity contribution in [2.24, 2.45) is 17.8 Å². The van der Waals surface area contributed by atoms with Gasteiger partial charge in [-0.15, -0.1) is 0 Å². The van der Waals surface area contributed by atoms with Crippen molar-refractivity contribution in [3.8, 4) is 11.5 Å². The third-order valence-electron chi connectivity index (χ3n) is 8.97. The van der Waals surface area contributed by atoms with E-state index in [4.69, 9.17) is 0 Å². The van der Waals surface area contributed by atoms with Crippen molar-refractivity contribution >= 4 is 0 Å². The largest absolute Gasteiger partial charge is 0.507 e. The zero-order chi connectivity index (χ0) is 28.6. The molecule has 3 unspecified atom stereocenters. The molecular weight excluding hydrogens is 464 g/mol. The second-order valence-electron chi connectivity index (χ2n) is 16.4. The zero-order valence-electron chi connectivity index (χ0n) is 26.1. The van der Waals surface area contributed by atoms with Crippen molar-refractivity contribution in [3.05, 3.63) is 69.8 Å². The molecule has 0 saturated heterocycles. The van der Waals surface area contributed by atoms with Crippen LogP contribution < -0.4 is 0 Å². The first kappa shape index (κ1) is 28.8. The molecule has 1 saturated carbocycles. The number of phenolic OH excluding ortho intramolecular Hbond substituents is 2. The Bertz CT molecular complexity index is 1080. The third-order valence-corrected chi connectivity index (χ3v) is 8.97. The predicted molar refractivity (Wildman–Crippen MR) is 162 cm³/mol. The summed E-state index contributed by atoms with van der Waals surface area (Å²) in [5.41, 5.74) is 5.97. The van der Waals surface area contributed by atoms with Crippen LogP contribution in [-0.2, 0) is 21.7 Å². The molecule has 2 N–H and O–H groups in total. The summed E-state index contributed by atoms with van der Waals surface area (Å²) in [5, 5.41) is 23.0. The lowest BCUT2D eigenvalue weighted by Crippen LogP contribution is -2.24. The molecule has 2 bridgehead atoms. The molecule has 208 valence electrons. The van der Waals surface area contributed by atoms with Gasteiger partial charge in [0.1, 0.15) is 11.5 Å². The van der Waals surface area contributed by atoms with Gasteiger partial charge in [0.2, 0.25) is 0 Å². The average Bonchev–Trinajstić information content (AvgIpc) is 3.36. The Balaban J connectivity index is 2.06. The normalized spacial score (nSPS) is 22.1. The van der Waals surface area contributed by atoms with Crippen LogP contribution in [0.2, 0.25) is 0 Å². The number of aromatic hydroxyl groups is 2. The molecule has 2 nitrogen and oxygen atoms in total. The fraction of sp³-hybridized carbons (Fsp3) is 0.611. The van der Waals surface area contributed by atoms with E-state index >= 15 is 0 Å². The highest BCUT2D eigenvalue weighted by molar-refractivity contribution is 5.56. The highest BCUT2D eigenvalue weighted by Crippen LogP contribution is 2.54. The Morgan fingerprint density at radius 1 is 0.553 bits per heavy atom. The summed E-state index contributed by atoms with van der Waals surface area (Å²) in [5.74, 6) is 2.81. The van der Waals surface area contributed by atoms with Crippen LogP contribution in [0.5, 0.6) is 11.5 Å². The van der Waals surface area contributed by atoms with E-state index in [0.29, 0.717) is 29.3 Å². The molecule has 4 rings (SSSR count). The Morgan fingerprint density at radius 2 is 0.895 bits per heavy atom. The molecular formula is C36H52O2. The number of hydrogen-bond donors (Lipinski definition) is 2. The lowest BCUT2D eigenvalue weighted by atomic mass is 9.69. The molecule has 2 heteroatoms. The lowest BCUT2D eigenvalue weighted by molar-refractivity contribution is 0.389. The fourth-order valence-corrected chi connectivity index (χ4v) is 6.85. The summed E-state index contributed by atoms with van der Waals surface area (Å²) in [4.78, 5) is 0. The van der Waals surface area contributed by atoms with E-state index in [1.54, 1.807) is 0 Å². The Morgan fingerprint density at radius 3 is 1.13 bits per heavy atom. The van der Waals surface area contributed by atoms with Gasteiger partial charge in [-0.2, -0.15) is 0 Å². The number of benzene rings is 2. The van der Waals surface area contributed by atoms with Crippen molar-refractivity contribution in [1.82, 2.24) is 0 Å². The molecule has 38 heavy (non-hydrogen) atoms. The second-order valence-corrected chi connectivity index (χ2v) is 16.4. The molecule has 2 aromatic carbocycles. The summed E-state index contributed by atoms with van der Waals surface area (Å²) in [7, 11) is 0. The van der Waals surface area contributed by atoms with E-state index in [2.05, 4.69) is 120 Å². The first-order chi connectivity index (χ1) is 17.2. The molecule has 0 amide bonds. The van der Waals surface area contributed by atoms with Gasteiger partial charge in [-0.05, 0) is 85.6 Å². The lowest BCUT2D eigenvalue weighted by Gasteiger charge is -2.36. The van der Waals surface area contributed by atoms with Crippen molar-refractivity contribution in [2.75, 3.05) is 0 Å². The fourth-order valence-electron chi connectivity index (χ4n) is 6.85. The number of allylic oxidation sites excluding steroid dienone is 2. The van der Waals surface area contributed by atoms with E-state index in [0.717, 1.165) is 22.3 Å². The molecule has 0 aromatic heterocycles. The maximum Gasteiger partial charge on any atom is 0.123 e. The summed E-state index contributed by atoms with van der Waals surface area (Å²) in [6.45, 7) is 26.4. The van der Waals surface area contributed by atoms with Crippen LogP contribution >= 0.6 is 0 Å². The minimum absolute atomic E-state index is 0.179. The van der Waals surface area contributed by atoms with Gasteiger partial charge in [0, 0.05) is 5.92 Å². The van der Waals surface area contributed by atoms with Gasteiger partial charge >= 0.3 is 0 Å². The number of fused-ring (bicyclic) bond motifs is 2. The molecule has 0 radical (unpaired) electrons. The van der Waals surface area contributed by atoms with Crippen LogP contribution in [0.4, 0.5) is 0 Å². The zero-order valence-corrected chi connectivity index (χ0v) is 26.1. The van der Waals surface area contributed by atoms with Crippen LogP contribution in [0.25, 0.3) is 0 Å². The smallest absolute Gasteiger partial charge is 0.123 e. The SMILES string of the molecule is CC(C)(C)c1cc(C(c2cc(C(C)(C)C)c(O)c(C(C)(C)C)c2)C2CC3C=CC2C3)cc(C(C)(C)C)c1O. The minimum Gasteiger partial charge on any atom is -0.507 e. The quantitative estimate of drug-likeness (QED) is 0.399. The third kappa shape index (κ3) is 5.30. The van der Waals surface area contributed by atoms with Crippen molar-refractivity contribution in [3.63, 3.8) is 0 Å². The van der Waals surface area contributed by atoms with Gasteiger partial charge in [-0.1, -0.05) is 120 Å². The van der Waals surface area contributed by atoms with Crippen molar-refractivity contribution in [1.29, 1.82) is 0 Å². The molecule has 2 aliphatic carbocycles. The second kappa shape index (κ2) is 9.17. The molecule has 0 spiro atoms. The summed E-state index contributed by atoms with van der Waals surface area (Å²) in [6.07, 6.45) is 7.32. The van der Waals surface area contributed by atoms with Crippen molar-refractivity contribution in [2.45, 2.75) is 124 Å². The molecule has 0 aliphatic heterocycles. The highest BCUT2D eigenvalue weighted by Gasteiger charge is 2.43. The number of phenols is 2. The average molecular weight is 517 g/mol. The molecule has 2 aliphatic rings. The van der Waals surface area contributed by atoms with Crippen LogP contribution in [0.1, 0.15) is 135 Å². The topological polar surface area (TPSA) is 40.5 Å². The van der Waals surface area contributed by atoms with Gasteiger partial charge < -0.3 is 10.2 Å². The van der Waals surface area contributed by atoms with Crippen LogP contribution in [0, 0.1) is 17.8 Å².